The predicted octanol–water partition coefficient (Wildman–Crippen LogP) is 6.23. The molecule has 6 rings (SSSR count). The molecule has 0 amide bonds. The van der Waals surface area contributed by atoms with Crippen LogP contribution in [0.2, 0.25) is 5.02 Å². The topological polar surface area (TPSA) is 61.3 Å². The number of nitrogens with zero attached hydrogens (tertiary/aromatic N) is 7. The minimum Gasteiger partial charge on any atom is -0.353 e. The number of hydrogen-bond acceptors (Lipinski definition) is 7. The van der Waals surface area contributed by atoms with Crippen LogP contribution in [0.4, 0.5) is 35.3 Å². The molecule has 1 unspecified atom stereocenters. The van der Waals surface area contributed by atoms with Crippen molar-refractivity contribution in [2.24, 2.45) is 5.92 Å². The van der Waals surface area contributed by atoms with E-state index in [0.717, 1.165) is 25.5 Å². The zero-order valence-electron chi connectivity index (χ0n) is 21.9. The molecule has 40 heavy (non-hydrogen) atoms. The number of hydrogen-bond donors (Lipinski definition) is 0. The molecule has 2 aromatic heterocycles. The molecule has 0 bridgehead atoms. The van der Waals surface area contributed by atoms with Crippen molar-refractivity contribution in [3.05, 3.63) is 52.9 Å². The lowest BCUT2D eigenvalue weighted by Crippen LogP contribution is -2.49. The zero-order chi connectivity index (χ0) is 27.9. The molecule has 1 saturated carbocycles. The lowest BCUT2D eigenvalue weighted by molar-refractivity contribution is -0.137. The van der Waals surface area contributed by atoms with Gasteiger partial charge < -0.3 is 14.7 Å². The Kier molecular flexibility index (Phi) is 7.41. The summed E-state index contributed by atoms with van der Waals surface area (Å²) in [5.74, 6) is 1.45. The largest absolute Gasteiger partial charge is 0.419 e. The molecule has 7 nitrogen and oxygen atoms in total. The number of halogens is 5. The number of fused-ring (bicyclic) bond motifs is 1. The monoisotopic (exact) mass is 575 g/mol. The Labute approximate surface area is 235 Å². The van der Waals surface area contributed by atoms with Gasteiger partial charge in [-0.2, -0.15) is 28.1 Å². The molecular formula is C28H30ClF4N7. The highest BCUT2D eigenvalue weighted by Gasteiger charge is 2.37. The van der Waals surface area contributed by atoms with Crippen molar-refractivity contribution < 1.29 is 17.6 Å². The van der Waals surface area contributed by atoms with E-state index in [-0.39, 0.29) is 10.8 Å². The summed E-state index contributed by atoms with van der Waals surface area (Å²) in [6, 6.07) is 7.13. The minimum absolute atomic E-state index is 0.0178. The predicted molar refractivity (Wildman–Crippen MR) is 146 cm³/mol. The van der Waals surface area contributed by atoms with Crippen LogP contribution in [0, 0.1) is 11.7 Å². The van der Waals surface area contributed by atoms with E-state index in [4.69, 9.17) is 26.6 Å². The maximum atomic E-state index is 13.9. The summed E-state index contributed by atoms with van der Waals surface area (Å²) in [4.78, 5) is 24.4. The number of piperidine rings is 1. The Bertz CT molecular complexity index is 1360. The number of benzene rings is 1. The van der Waals surface area contributed by atoms with Crippen LogP contribution in [0.1, 0.15) is 44.1 Å². The Morgan fingerprint density at radius 2 is 1.55 bits per heavy atom. The van der Waals surface area contributed by atoms with Gasteiger partial charge in [0.25, 0.3) is 0 Å². The van der Waals surface area contributed by atoms with Crippen LogP contribution in [-0.4, -0.2) is 58.7 Å². The van der Waals surface area contributed by atoms with E-state index in [9.17, 15) is 17.6 Å². The van der Waals surface area contributed by atoms with E-state index in [1.54, 1.807) is 11.0 Å². The highest BCUT2D eigenvalue weighted by Crippen LogP contribution is 2.38. The zero-order valence-corrected chi connectivity index (χ0v) is 22.7. The Hall–Kier alpha value is -3.21. The second-order valence-corrected chi connectivity index (χ2v) is 11.1. The number of aromatic nitrogens is 4. The number of piperazine rings is 1. The van der Waals surface area contributed by atoms with Gasteiger partial charge in [0.1, 0.15) is 11.6 Å². The molecule has 2 atom stereocenters. The van der Waals surface area contributed by atoms with Crippen molar-refractivity contribution in [1.82, 2.24) is 19.9 Å². The van der Waals surface area contributed by atoms with Crippen molar-refractivity contribution in [3.8, 4) is 11.4 Å². The average molecular weight is 576 g/mol. The average Bonchev–Trinajstić information content (AvgIpc) is 2.97. The molecule has 3 fully saturated rings. The van der Waals surface area contributed by atoms with Gasteiger partial charge in [-0.3, -0.25) is 0 Å². The fourth-order valence-corrected chi connectivity index (χ4v) is 6.43. The minimum atomic E-state index is -4.49. The molecule has 1 aliphatic carbocycles. The molecular weight excluding hydrogens is 546 g/mol. The van der Waals surface area contributed by atoms with Crippen molar-refractivity contribution in [2.75, 3.05) is 47.4 Å². The molecule has 3 aliphatic rings. The molecule has 3 aromatic rings. The first-order valence-electron chi connectivity index (χ1n) is 13.8. The van der Waals surface area contributed by atoms with Crippen molar-refractivity contribution in [3.63, 3.8) is 0 Å². The van der Waals surface area contributed by atoms with Crippen LogP contribution in [0.25, 0.3) is 11.4 Å². The van der Waals surface area contributed by atoms with Crippen LogP contribution in [-0.2, 0) is 6.18 Å². The van der Waals surface area contributed by atoms with Crippen LogP contribution in [0.5, 0.6) is 0 Å². The maximum Gasteiger partial charge on any atom is 0.419 e. The fourth-order valence-electron chi connectivity index (χ4n) is 6.25. The van der Waals surface area contributed by atoms with E-state index in [1.807, 2.05) is 4.90 Å². The summed E-state index contributed by atoms with van der Waals surface area (Å²) < 4.78 is 54.7. The Morgan fingerprint density at radius 3 is 2.33 bits per heavy atom. The van der Waals surface area contributed by atoms with Gasteiger partial charge in [0.2, 0.25) is 11.9 Å². The summed E-state index contributed by atoms with van der Waals surface area (Å²) in [5, 5.41) is -0.0178. The molecule has 212 valence electrons. The normalized spacial score (nSPS) is 21.9. The summed E-state index contributed by atoms with van der Waals surface area (Å²) in [6.45, 7) is 2.32. The lowest BCUT2D eigenvalue weighted by Gasteiger charge is -2.44. The number of alkyl halides is 3. The SMILES string of the molecule is Fc1ccc(-c2nc(N3CCN(c4ncccc4C(F)(F)F)CC3)nc(N3CCC[C@@H]4CCCCC43)n2)cc1Cl. The van der Waals surface area contributed by atoms with Crippen LogP contribution in [0.3, 0.4) is 0 Å². The van der Waals surface area contributed by atoms with Crippen LogP contribution >= 0.6 is 11.6 Å². The van der Waals surface area contributed by atoms with Gasteiger partial charge >= 0.3 is 6.18 Å². The quantitative estimate of drug-likeness (QED) is 0.342. The summed E-state index contributed by atoms with van der Waals surface area (Å²) in [6.07, 6.45) is 3.87. The number of rotatable bonds is 4. The Balaban J connectivity index is 1.31. The van der Waals surface area contributed by atoms with Gasteiger partial charge in [0, 0.05) is 50.5 Å². The van der Waals surface area contributed by atoms with Gasteiger partial charge in [0.15, 0.2) is 5.82 Å². The van der Waals surface area contributed by atoms with Crippen molar-refractivity contribution >= 4 is 29.3 Å². The summed E-state index contributed by atoms with van der Waals surface area (Å²) in [5.41, 5.74) is -0.163. The van der Waals surface area contributed by atoms with Gasteiger partial charge in [-0.05, 0) is 61.9 Å². The van der Waals surface area contributed by atoms with Crippen molar-refractivity contribution in [2.45, 2.75) is 50.7 Å². The Morgan fingerprint density at radius 1 is 0.825 bits per heavy atom. The van der Waals surface area contributed by atoms with Crippen molar-refractivity contribution in [1.29, 1.82) is 0 Å². The molecule has 12 heteroatoms. The maximum absolute atomic E-state index is 13.9. The van der Waals surface area contributed by atoms with Crippen LogP contribution < -0.4 is 14.7 Å². The van der Waals surface area contributed by atoms with E-state index < -0.39 is 17.6 Å². The first kappa shape index (κ1) is 27.0. The van der Waals surface area contributed by atoms with E-state index in [0.29, 0.717) is 61.4 Å². The standard InChI is InChI=1S/C28H30ClF4N7/c29-21-17-19(9-10-22(21)30)24-35-26(37-27(36-24)40-12-4-6-18-5-1-2-8-23(18)40)39-15-13-38(14-16-39)25-20(28(31,32)33)7-3-11-34-25/h3,7,9-11,17-18,23H,1-2,4-6,8,12-16H2/t18-,23?/m0/s1. The lowest BCUT2D eigenvalue weighted by atomic mass is 9.78. The molecule has 0 spiro atoms. The second-order valence-electron chi connectivity index (χ2n) is 10.7. The van der Waals surface area contributed by atoms with Gasteiger partial charge in [-0.25, -0.2) is 9.37 Å². The smallest absolute Gasteiger partial charge is 0.353 e. The third-order valence-electron chi connectivity index (χ3n) is 8.24. The van der Waals surface area contributed by atoms with Gasteiger partial charge in [0.05, 0.1) is 10.6 Å². The molecule has 1 aromatic carbocycles. The second kappa shape index (κ2) is 11.0. The van der Waals surface area contributed by atoms with E-state index in [2.05, 4.69) is 9.88 Å². The number of anilines is 3. The molecule has 2 aliphatic heterocycles. The fraction of sp³-hybridized carbons (Fsp3) is 0.500. The molecule has 0 radical (unpaired) electrons. The van der Waals surface area contributed by atoms with Gasteiger partial charge in [-0.15, -0.1) is 0 Å². The van der Waals surface area contributed by atoms with Gasteiger partial charge in [-0.1, -0.05) is 24.4 Å². The first-order valence-corrected chi connectivity index (χ1v) is 14.2. The number of pyridine rings is 1. The highest BCUT2D eigenvalue weighted by atomic mass is 35.5. The van der Waals surface area contributed by atoms with E-state index >= 15 is 0 Å². The highest BCUT2D eigenvalue weighted by molar-refractivity contribution is 6.31. The summed E-state index contributed by atoms with van der Waals surface area (Å²) in [7, 11) is 0. The first-order chi connectivity index (χ1) is 19.3. The summed E-state index contributed by atoms with van der Waals surface area (Å²) >= 11 is 6.09. The van der Waals surface area contributed by atoms with E-state index in [1.165, 1.54) is 50.1 Å². The third-order valence-corrected chi connectivity index (χ3v) is 8.53. The molecule has 2 saturated heterocycles. The molecule has 0 N–H and O–H groups in total. The van der Waals surface area contributed by atoms with Crippen LogP contribution in [0.15, 0.2) is 36.5 Å². The molecule has 4 heterocycles. The third kappa shape index (κ3) is 5.40.